The first kappa shape index (κ1) is 80.9. The second kappa shape index (κ2) is 34.1. The minimum absolute atomic E-state index is 0. The summed E-state index contributed by atoms with van der Waals surface area (Å²) >= 11 is 0. The third-order valence-electron chi connectivity index (χ3n) is 12.6. The SMILES string of the molecule is CC(C)=O.COc1cc2c3cc1[C@@H](C)c1cc(c(OC)cc1OCCOCCOCCOCCO2)[C@@H](C)c1cc2c(OC)cc1OCCOCCOCCOCCOc1cc(OC)c(cc1[C@@H]2C)[C@H]3C.F[P-](F)(F)(F)(F)F.F[P-](F)(F)(F)(F)F.[Cs+].[Cs+]. The summed E-state index contributed by atoms with van der Waals surface area (Å²) in [5.74, 6) is 4.58. The van der Waals surface area contributed by atoms with Gasteiger partial charge in [0.1, 0.15) is 78.2 Å². The van der Waals surface area contributed by atoms with Crippen LogP contribution in [0.4, 0.5) is 50.4 Å². The van der Waals surface area contributed by atoms with Crippen molar-refractivity contribution in [3.8, 4) is 46.0 Å². The second-order valence-electron chi connectivity index (χ2n) is 19.3. The minimum atomic E-state index is -10.7. The molecular weight excluding hydrogens is 1460 g/mol. The van der Waals surface area contributed by atoms with Crippen LogP contribution >= 0.6 is 15.6 Å². The fourth-order valence-corrected chi connectivity index (χ4v) is 8.89. The largest absolute Gasteiger partial charge is 1.00 e. The number of Topliss-reactive ketones (excluding diaryl/α,β-unsaturated/α-hetero) is 1. The van der Waals surface area contributed by atoms with E-state index in [9.17, 15) is 55.2 Å². The quantitative estimate of drug-likeness (QED) is 0.109. The summed E-state index contributed by atoms with van der Waals surface area (Å²) in [6, 6.07) is 16.8. The third-order valence-corrected chi connectivity index (χ3v) is 12.6. The van der Waals surface area contributed by atoms with E-state index in [0.29, 0.717) is 152 Å². The van der Waals surface area contributed by atoms with Crippen molar-refractivity contribution in [1.82, 2.24) is 0 Å². The molecule has 0 fully saturated rings. The molecule has 0 radical (unpaired) electrons. The minimum Gasteiger partial charge on any atom is 1.00 e. The molecule has 0 spiro atoms. The van der Waals surface area contributed by atoms with Crippen molar-refractivity contribution in [2.75, 3.05) is 134 Å². The predicted octanol–water partition coefficient (Wildman–Crippen LogP) is 9.65. The van der Waals surface area contributed by atoms with Crippen molar-refractivity contribution in [2.45, 2.75) is 65.2 Å². The standard InChI is InChI=1S/C52H68O14.C3H6O.2Cs.2F6P/c1-33-37-25-43-36(4)40-28-42-34(2)38-26-44(52(30-46(38)54-6)66-24-20-62-16-12-58-10-14-60-18-22-64-50(42)32-48(40)56-8)35(3)39-27-41(33)49(31-47(39)55-7)63-21-17-59-13-9-57-11-15-61-19-23-65-51(43)29-45(37)53-5;1-3(2)4;;;2*1-7(2,3,4,5)6/h25-36H,9-24H2,1-8H3;1-2H3;;;;/q;;2*+1;2*-1/t33-,34-,35-,36-;;;;;/m1...../s1. The van der Waals surface area contributed by atoms with E-state index in [0.717, 1.165) is 44.5 Å². The Balaban J connectivity index is 0.00000110. The Morgan fingerprint density at radius 2 is 0.465 bits per heavy atom. The number of rotatable bonds is 4. The summed E-state index contributed by atoms with van der Waals surface area (Å²) in [7, 11) is -14.6. The summed E-state index contributed by atoms with van der Waals surface area (Å²) in [5, 5.41) is 0. The first-order chi connectivity index (χ1) is 38.9. The number of ether oxygens (including phenoxy) is 14. The number of ketones is 1. The Labute approximate surface area is 610 Å². The molecule has 0 unspecified atom stereocenters. The van der Waals surface area contributed by atoms with Gasteiger partial charge in [-0.3, -0.25) is 0 Å². The van der Waals surface area contributed by atoms with E-state index < -0.39 is 15.6 Å². The van der Waals surface area contributed by atoms with Crippen molar-refractivity contribution in [3.05, 3.63) is 93.0 Å². The molecule has 4 aromatic rings. The molecule has 3 aliphatic heterocycles. The molecule has 4 atom stereocenters. The maximum Gasteiger partial charge on any atom is 1.00 e. The van der Waals surface area contributed by atoms with Crippen molar-refractivity contribution >= 4 is 21.4 Å². The molecule has 4 aliphatic rings. The molecular formula is C55H74Cs2F12O15P2. The van der Waals surface area contributed by atoms with Crippen LogP contribution in [0.1, 0.15) is 110 Å². The van der Waals surface area contributed by atoms with Crippen LogP contribution in [-0.2, 0) is 33.2 Å². The monoisotopic (exact) mass is 1530 g/mol. The summed E-state index contributed by atoms with van der Waals surface area (Å²) < 4.78 is 205. The maximum atomic E-state index is 9.87. The van der Waals surface area contributed by atoms with Crippen LogP contribution in [0.25, 0.3) is 0 Å². The molecule has 15 nitrogen and oxygen atoms in total. The van der Waals surface area contributed by atoms with E-state index in [-0.39, 0.29) is 167 Å². The third kappa shape index (κ3) is 30.5. The smallest absolute Gasteiger partial charge is 1.00 e. The Kier molecular flexibility index (Phi) is 32.1. The van der Waals surface area contributed by atoms with Crippen molar-refractivity contribution < 1.29 is 259 Å². The van der Waals surface area contributed by atoms with Gasteiger partial charge in [-0.1, -0.05) is 27.7 Å². The van der Waals surface area contributed by atoms with Crippen LogP contribution in [-0.4, -0.2) is 140 Å². The van der Waals surface area contributed by atoms with Gasteiger partial charge >= 0.3 is 204 Å². The van der Waals surface area contributed by atoms with E-state index >= 15 is 0 Å². The van der Waals surface area contributed by atoms with Gasteiger partial charge in [-0.25, -0.2) is 0 Å². The van der Waals surface area contributed by atoms with Gasteiger partial charge in [0.25, 0.3) is 0 Å². The number of carbonyl (C=O) groups is 1. The van der Waals surface area contributed by atoms with E-state index in [1.54, 1.807) is 28.4 Å². The molecule has 3 heterocycles. The van der Waals surface area contributed by atoms with Crippen molar-refractivity contribution in [3.63, 3.8) is 0 Å². The fourth-order valence-electron chi connectivity index (χ4n) is 8.89. The first-order valence-corrected chi connectivity index (χ1v) is 30.4. The molecule has 8 rings (SSSR count). The normalized spacial score (nSPS) is 20.7. The number of hydrogen-bond donors (Lipinski definition) is 0. The summed E-state index contributed by atoms with van der Waals surface area (Å²) in [4.78, 5) is 9.44. The average Bonchev–Trinajstić information content (AvgIpc) is 0.870. The molecule has 0 aromatic heterocycles. The molecule has 31 heteroatoms. The van der Waals surface area contributed by atoms with Gasteiger partial charge in [-0.15, -0.1) is 0 Å². The maximum absolute atomic E-state index is 10.7. The zero-order chi connectivity index (χ0) is 62.8. The number of carbonyl (C=O) groups excluding carboxylic acids is 1. The topological polar surface area (TPSA) is 146 Å². The van der Waals surface area contributed by atoms with Crippen LogP contribution < -0.4 is 176 Å². The Morgan fingerprint density at radius 1 is 0.326 bits per heavy atom. The molecule has 4 aromatic carbocycles. The number of hydrogen-bond acceptors (Lipinski definition) is 15. The molecule has 0 saturated carbocycles. The zero-order valence-electron chi connectivity index (χ0n) is 50.3. The van der Waals surface area contributed by atoms with Gasteiger partial charge in [-0.05, 0) is 38.1 Å². The van der Waals surface area contributed by atoms with Crippen LogP contribution in [0.3, 0.4) is 0 Å². The number of halogens is 12. The van der Waals surface area contributed by atoms with Crippen LogP contribution in [0.15, 0.2) is 48.5 Å². The Hall–Kier alpha value is -1.17. The van der Waals surface area contributed by atoms with Crippen LogP contribution in [0, 0.1) is 0 Å². The second-order valence-corrected chi connectivity index (χ2v) is 23.1. The molecule has 86 heavy (non-hydrogen) atoms. The molecule has 10 bridgehead atoms. The average molecular weight is 1530 g/mol. The molecule has 0 amide bonds. The van der Waals surface area contributed by atoms with Crippen LogP contribution in [0.5, 0.6) is 46.0 Å². The van der Waals surface area contributed by atoms with E-state index in [1.165, 1.54) is 13.8 Å². The molecule has 480 valence electrons. The van der Waals surface area contributed by atoms with E-state index in [2.05, 4.69) is 52.0 Å². The van der Waals surface area contributed by atoms with Crippen molar-refractivity contribution in [2.24, 2.45) is 0 Å². The molecule has 0 N–H and O–H groups in total. The van der Waals surface area contributed by atoms with Gasteiger partial charge in [-0.2, -0.15) is 0 Å². The zero-order valence-corrected chi connectivity index (χ0v) is 64.6. The Bertz CT molecular complexity index is 2580. The van der Waals surface area contributed by atoms with Gasteiger partial charge in [0, 0.05) is 92.4 Å². The van der Waals surface area contributed by atoms with Crippen molar-refractivity contribution in [1.29, 1.82) is 0 Å². The van der Waals surface area contributed by atoms with E-state index in [4.69, 9.17) is 66.3 Å². The molecule has 0 saturated heterocycles. The Morgan fingerprint density at radius 3 is 0.605 bits per heavy atom. The number of fused-ring (bicyclic) bond motifs is 15. The first-order valence-electron chi connectivity index (χ1n) is 26.4. The van der Waals surface area contributed by atoms with Gasteiger partial charge in [0.2, 0.25) is 0 Å². The number of benzene rings is 4. The van der Waals surface area contributed by atoms with Crippen LogP contribution in [0.2, 0.25) is 0 Å². The number of methoxy groups -OCH3 is 4. The van der Waals surface area contributed by atoms with Gasteiger partial charge < -0.3 is 71.1 Å². The fraction of sp³-hybridized carbons (Fsp3) is 0.545. The summed E-state index contributed by atoms with van der Waals surface area (Å²) in [5.41, 5.74) is 7.57. The molecule has 1 aliphatic carbocycles. The van der Waals surface area contributed by atoms with E-state index in [1.807, 2.05) is 24.3 Å². The predicted molar refractivity (Wildman–Crippen MR) is 292 cm³/mol. The summed E-state index contributed by atoms with van der Waals surface area (Å²) in [6.07, 6.45) is 0. The van der Waals surface area contributed by atoms with Gasteiger partial charge in [0.05, 0.1) is 108 Å². The summed E-state index contributed by atoms with van der Waals surface area (Å²) in [6.45, 7) is 18.0. The van der Waals surface area contributed by atoms with Gasteiger partial charge in [0.15, 0.2) is 0 Å².